The number of hydrogen-bond acceptors (Lipinski definition) is 7. The van der Waals surface area contributed by atoms with Crippen LogP contribution in [0.1, 0.15) is 17.2 Å². The molecule has 0 spiro atoms. The topological polar surface area (TPSA) is 97.6 Å². The van der Waals surface area contributed by atoms with E-state index in [-0.39, 0.29) is 34.8 Å². The van der Waals surface area contributed by atoms with Crippen molar-refractivity contribution >= 4 is 0 Å². The summed E-state index contributed by atoms with van der Waals surface area (Å²) in [5.74, 6) is 0.833. The summed E-state index contributed by atoms with van der Waals surface area (Å²) in [6.07, 6.45) is -0.139. The van der Waals surface area contributed by atoms with Crippen molar-refractivity contribution in [2.45, 2.75) is 12.5 Å². The van der Waals surface area contributed by atoms with Crippen LogP contribution in [-0.2, 0) is 11.2 Å². The van der Waals surface area contributed by atoms with E-state index in [1.54, 1.807) is 24.3 Å². The lowest BCUT2D eigenvalue weighted by Crippen LogP contribution is -2.22. The van der Waals surface area contributed by atoms with Gasteiger partial charge in [0.2, 0.25) is 5.75 Å². The van der Waals surface area contributed by atoms with E-state index in [9.17, 15) is 15.3 Å². The van der Waals surface area contributed by atoms with Crippen molar-refractivity contribution in [3.05, 3.63) is 41.5 Å². The molecule has 3 atom stereocenters. The summed E-state index contributed by atoms with van der Waals surface area (Å²) in [4.78, 5) is 0. The summed E-state index contributed by atoms with van der Waals surface area (Å²) < 4.78 is 21.2. The molecular formula is C21H26O7. The second-order valence-corrected chi connectivity index (χ2v) is 6.89. The van der Waals surface area contributed by atoms with Crippen molar-refractivity contribution in [3.63, 3.8) is 0 Å². The molecule has 1 fully saturated rings. The Hall–Kier alpha value is -2.64. The summed E-state index contributed by atoms with van der Waals surface area (Å²) in [6, 6.07) is 8.46. The molecule has 3 rings (SSSR count). The number of hydrogen-bond donors (Lipinski definition) is 3. The summed E-state index contributed by atoms with van der Waals surface area (Å²) in [6.45, 7) is 0.948. The SMILES string of the molecule is COc1cc(C[C@@H]2COC[C@H]2C(O)c2cc(OC)c(O)c(OC)c2)ccc1O. The second kappa shape index (κ2) is 8.58. The van der Waals surface area contributed by atoms with Crippen molar-refractivity contribution in [2.75, 3.05) is 34.5 Å². The molecule has 1 saturated heterocycles. The predicted molar refractivity (Wildman–Crippen MR) is 102 cm³/mol. The fraction of sp³-hybridized carbons (Fsp3) is 0.429. The number of rotatable bonds is 7. The number of methoxy groups -OCH3 is 3. The molecule has 1 heterocycles. The Labute approximate surface area is 164 Å². The lowest BCUT2D eigenvalue weighted by atomic mass is 9.83. The summed E-state index contributed by atoms with van der Waals surface area (Å²) in [5.41, 5.74) is 1.58. The van der Waals surface area contributed by atoms with Crippen LogP contribution >= 0.6 is 0 Å². The maximum Gasteiger partial charge on any atom is 0.200 e. The zero-order valence-corrected chi connectivity index (χ0v) is 16.2. The molecule has 7 heteroatoms. The fourth-order valence-corrected chi connectivity index (χ4v) is 3.66. The third-order valence-corrected chi connectivity index (χ3v) is 5.24. The molecule has 152 valence electrons. The first-order valence-electron chi connectivity index (χ1n) is 9.05. The van der Waals surface area contributed by atoms with Gasteiger partial charge in [-0.15, -0.1) is 0 Å². The second-order valence-electron chi connectivity index (χ2n) is 6.89. The van der Waals surface area contributed by atoms with E-state index in [2.05, 4.69) is 0 Å². The molecule has 2 aromatic carbocycles. The highest BCUT2D eigenvalue weighted by molar-refractivity contribution is 5.53. The molecule has 1 aliphatic rings. The van der Waals surface area contributed by atoms with Crippen LogP contribution in [0, 0.1) is 11.8 Å². The molecule has 1 unspecified atom stereocenters. The van der Waals surface area contributed by atoms with Crippen molar-refractivity contribution < 1.29 is 34.3 Å². The average molecular weight is 390 g/mol. The zero-order chi connectivity index (χ0) is 20.3. The fourth-order valence-electron chi connectivity index (χ4n) is 3.66. The minimum atomic E-state index is -0.810. The number of benzene rings is 2. The van der Waals surface area contributed by atoms with Gasteiger partial charge < -0.3 is 34.3 Å². The number of phenols is 2. The summed E-state index contributed by atoms with van der Waals surface area (Å²) >= 11 is 0. The quantitative estimate of drug-likeness (QED) is 0.669. The molecule has 3 N–H and O–H groups in total. The van der Waals surface area contributed by atoms with E-state index in [0.29, 0.717) is 30.9 Å². The number of ether oxygens (including phenoxy) is 4. The average Bonchev–Trinajstić information content (AvgIpc) is 3.17. The van der Waals surface area contributed by atoms with Gasteiger partial charge >= 0.3 is 0 Å². The number of aliphatic hydroxyl groups is 1. The highest BCUT2D eigenvalue weighted by Crippen LogP contribution is 2.42. The Morgan fingerprint density at radius 1 is 0.964 bits per heavy atom. The van der Waals surface area contributed by atoms with E-state index in [1.165, 1.54) is 21.3 Å². The van der Waals surface area contributed by atoms with Crippen LogP contribution in [0.15, 0.2) is 30.3 Å². The van der Waals surface area contributed by atoms with E-state index in [4.69, 9.17) is 18.9 Å². The number of aliphatic hydroxyl groups excluding tert-OH is 1. The van der Waals surface area contributed by atoms with Gasteiger partial charge in [-0.3, -0.25) is 0 Å². The third-order valence-electron chi connectivity index (χ3n) is 5.24. The van der Waals surface area contributed by atoms with Crippen LogP contribution in [0.4, 0.5) is 0 Å². The van der Waals surface area contributed by atoms with Crippen molar-refractivity contribution in [2.24, 2.45) is 11.8 Å². The standard InChI is InChI=1S/C21H26O7/c1-25-17-7-12(4-5-16(17)22)6-14-10-28-11-15(14)20(23)13-8-18(26-2)21(24)19(9-13)27-3/h4-5,7-9,14-15,20,22-24H,6,10-11H2,1-3H3/t14-,15-,20?/m1/s1. The molecule has 28 heavy (non-hydrogen) atoms. The normalized spacial score (nSPS) is 20.0. The van der Waals surface area contributed by atoms with Gasteiger partial charge in [-0.1, -0.05) is 6.07 Å². The van der Waals surface area contributed by atoms with Gasteiger partial charge in [-0.2, -0.15) is 0 Å². The first-order chi connectivity index (χ1) is 13.5. The minimum Gasteiger partial charge on any atom is -0.504 e. The highest BCUT2D eigenvalue weighted by atomic mass is 16.5. The van der Waals surface area contributed by atoms with E-state index < -0.39 is 6.10 Å². The van der Waals surface area contributed by atoms with E-state index in [1.807, 2.05) is 6.07 Å². The molecule has 1 aliphatic heterocycles. The lowest BCUT2D eigenvalue weighted by Gasteiger charge is -2.24. The number of phenolic OH excluding ortho intramolecular Hbond substituents is 2. The first-order valence-corrected chi connectivity index (χ1v) is 9.05. The Bertz CT molecular complexity index is 795. The highest BCUT2D eigenvalue weighted by Gasteiger charge is 2.35. The molecule has 2 aromatic rings. The zero-order valence-electron chi connectivity index (χ0n) is 16.2. The van der Waals surface area contributed by atoms with Crippen LogP contribution < -0.4 is 14.2 Å². The van der Waals surface area contributed by atoms with Gasteiger partial charge in [0.1, 0.15) is 0 Å². The molecule has 0 aliphatic carbocycles. The van der Waals surface area contributed by atoms with Crippen LogP contribution in [0.5, 0.6) is 28.7 Å². The molecule has 0 bridgehead atoms. The van der Waals surface area contributed by atoms with E-state index in [0.717, 1.165) is 5.56 Å². The van der Waals surface area contributed by atoms with Gasteiger partial charge in [0, 0.05) is 5.92 Å². The van der Waals surface area contributed by atoms with Crippen LogP contribution in [-0.4, -0.2) is 49.9 Å². The summed E-state index contributed by atoms with van der Waals surface area (Å²) in [7, 11) is 4.41. The van der Waals surface area contributed by atoms with Gasteiger partial charge in [0.05, 0.1) is 40.6 Å². The molecule has 0 aromatic heterocycles. The Kier molecular flexibility index (Phi) is 6.16. The monoisotopic (exact) mass is 390 g/mol. The third kappa shape index (κ3) is 3.95. The largest absolute Gasteiger partial charge is 0.504 e. The van der Waals surface area contributed by atoms with Crippen molar-refractivity contribution in [1.82, 2.24) is 0 Å². The van der Waals surface area contributed by atoms with Crippen LogP contribution in [0.3, 0.4) is 0 Å². The Morgan fingerprint density at radius 3 is 2.21 bits per heavy atom. The molecule has 7 nitrogen and oxygen atoms in total. The summed E-state index contributed by atoms with van der Waals surface area (Å²) in [5, 5.41) is 30.9. The van der Waals surface area contributed by atoms with Crippen molar-refractivity contribution in [1.29, 1.82) is 0 Å². The lowest BCUT2D eigenvalue weighted by molar-refractivity contribution is 0.0807. The minimum absolute atomic E-state index is 0.0787. The smallest absolute Gasteiger partial charge is 0.200 e. The first kappa shape index (κ1) is 20.1. The number of aromatic hydroxyl groups is 2. The Balaban J connectivity index is 1.82. The van der Waals surface area contributed by atoms with E-state index >= 15 is 0 Å². The van der Waals surface area contributed by atoms with Crippen LogP contribution in [0.2, 0.25) is 0 Å². The van der Waals surface area contributed by atoms with Gasteiger partial charge in [-0.25, -0.2) is 0 Å². The van der Waals surface area contributed by atoms with Gasteiger partial charge in [-0.05, 0) is 47.7 Å². The van der Waals surface area contributed by atoms with Crippen molar-refractivity contribution in [3.8, 4) is 28.7 Å². The molecule has 0 amide bonds. The van der Waals surface area contributed by atoms with Crippen LogP contribution in [0.25, 0.3) is 0 Å². The Morgan fingerprint density at radius 2 is 1.61 bits per heavy atom. The predicted octanol–water partition coefficient (Wildman–Crippen LogP) is 2.66. The molecular weight excluding hydrogens is 364 g/mol. The molecule has 0 radical (unpaired) electrons. The maximum absolute atomic E-state index is 11.0. The van der Waals surface area contributed by atoms with Gasteiger partial charge in [0.25, 0.3) is 0 Å². The molecule has 0 saturated carbocycles. The van der Waals surface area contributed by atoms with Gasteiger partial charge in [0.15, 0.2) is 23.0 Å². The maximum atomic E-state index is 11.0.